The number of para-hydroxylation sites is 1. The van der Waals surface area contributed by atoms with Crippen LogP contribution >= 0.6 is 0 Å². The number of fused-ring (bicyclic) bond motifs is 2. The molecule has 0 atom stereocenters. The smallest absolute Gasteiger partial charge is 0.205 e. The van der Waals surface area contributed by atoms with Crippen molar-refractivity contribution in [3.05, 3.63) is 102 Å². The predicted molar refractivity (Wildman–Crippen MR) is 119 cm³/mol. The predicted octanol–water partition coefficient (Wildman–Crippen LogP) is 5.05. The van der Waals surface area contributed by atoms with Crippen LogP contribution in [0.2, 0.25) is 0 Å². The molecule has 0 bridgehead atoms. The molecule has 0 radical (unpaired) electrons. The summed E-state index contributed by atoms with van der Waals surface area (Å²) in [6.07, 6.45) is 4.28. The van der Waals surface area contributed by atoms with Gasteiger partial charge in [-0.25, -0.2) is 4.85 Å². The van der Waals surface area contributed by atoms with Gasteiger partial charge in [-0.2, -0.15) is 4.57 Å². The van der Waals surface area contributed by atoms with Gasteiger partial charge in [0, 0.05) is 30.0 Å². The second-order valence-electron chi connectivity index (χ2n) is 7.71. The molecule has 5 aromatic rings. The van der Waals surface area contributed by atoms with Gasteiger partial charge in [-0.3, -0.25) is 0 Å². The van der Waals surface area contributed by atoms with Gasteiger partial charge in [-0.1, -0.05) is 30.3 Å². The van der Waals surface area contributed by atoms with Crippen LogP contribution in [0.5, 0.6) is 0 Å². The summed E-state index contributed by atoms with van der Waals surface area (Å²) >= 11 is 0. The Hall–Kier alpha value is -3.97. The van der Waals surface area contributed by atoms with Gasteiger partial charge in [0.05, 0.1) is 12.0 Å². The van der Waals surface area contributed by atoms with Crippen molar-refractivity contribution in [3.63, 3.8) is 0 Å². The summed E-state index contributed by atoms with van der Waals surface area (Å²) in [6, 6.07) is 22.9. The number of rotatable bonds is 2. The molecule has 3 aromatic carbocycles. The van der Waals surface area contributed by atoms with Gasteiger partial charge in [-0.05, 0) is 36.6 Å². The van der Waals surface area contributed by atoms with Crippen molar-refractivity contribution in [1.29, 1.82) is 0 Å². The summed E-state index contributed by atoms with van der Waals surface area (Å²) in [5.41, 5.74) is 6.05. The molecule has 0 unspecified atom stereocenters. The molecule has 0 spiro atoms. The van der Waals surface area contributed by atoms with E-state index in [2.05, 4.69) is 99.6 Å². The van der Waals surface area contributed by atoms with Crippen LogP contribution in [0.4, 0.5) is 5.69 Å². The minimum absolute atomic E-state index is 0.628. The van der Waals surface area contributed by atoms with Crippen LogP contribution in [0.1, 0.15) is 11.3 Å². The number of aromatic nitrogens is 3. The normalized spacial score (nSPS) is 11.1. The molecular formula is C26H22N4+2. The van der Waals surface area contributed by atoms with Gasteiger partial charge < -0.3 is 0 Å². The van der Waals surface area contributed by atoms with E-state index in [-0.39, 0.29) is 0 Å². The Morgan fingerprint density at radius 2 is 1.53 bits per heavy atom. The van der Waals surface area contributed by atoms with Crippen molar-refractivity contribution in [3.8, 4) is 11.4 Å². The van der Waals surface area contributed by atoms with Gasteiger partial charge >= 0.3 is 0 Å². The molecule has 0 aliphatic carbocycles. The Labute approximate surface area is 175 Å². The highest BCUT2D eigenvalue weighted by atomic mass is 15.4. The third-order valence-corrected chi connectivity index (χ3v) is 5.77. The lowest BCUT2D eigenvalue weighted by atomic mass is 10.1. The van der Waals surface area contributed by atoms with E-state index in [9.17, 15) is 0 Å². The molecule has 2 aromatic heterocycles. The van der Waals surface area contributed by atoms with E-state index < -0.39 is 0 Å². The van der Waals surface area contributed by atoms with E-state index in [1.807, 2.05) is 19.2 Å². The maximum absolute atomic E-state index is 7.70. The monoisotopic (exact) mass is 390 g/mol. The maximum Gasteiger partial charge on any atom is 0.205 e. The van der Waals surface area contributed by atoms with Crippen LogP contribution in [-0.2, 0) is 7.05 Å². The zero-order valence-corrected chi connectivity index (χ0v) is 17.3. The third-order valence-electron chi connectivity index (χ3n) is 5.77. The fourth-order valence-electron chi connectivity index (χ4n) is 4.28. The van der Waals surface area contributed by atoms with Gasteiger partial charge in [0.1, 0.15) is 11.2 Å². The number of benzene rings is 3. The lowest BCUT2D eigenvalue weighted by Crippen LogP contribution is -2.39. The van der Waals surface area contributed by atoms with E-state index in [4.69, 9.17) is 6.57 Å². The van der Waals surface area contributed by atoms with Crippen LogP contribution < -0.4 is 9.25 Å². The second kappa shape index (κ2) is 6.82. The molecule has 0 saturated carbocycles. The Morgan fingerprint density at radius 3 is 2.30 bits per heavy atom. The Bertz CT molecular complexity index is 1490. The fraction of sp³-hybridized carbons (Fsp3) is 0.115. The maximum atomic E-state index is 7.70. The highest BCUT2D eigenvalue weighted by Gasteiger charge is 2.23. The first-order chi connectivity index (χ1) is 14.6. The first kappa shape index (κ1) is 18.1. The molecule has 4 heteroatoms. The molecule has 5 rings (SSSR count). The number of aryl methyl sites for hydroxylation is 2. The molecule has 2 heterocycles. The van der Waals surface area contributed by atoms with Crippen LogP contribution in [0.15, 0.2) is 79.1 Å². The van der Waals surface area contributed by atoms with Crippen molar-refractivity contribution in [1.82, 2.24) is 4.68 Å². The molecule has 0 fully saturated rings. The summed E-state index contributed by atoms with van der Waals surface area (Å²) in [6.45, 7) is 11.9. The molecule has 30 heavy (non-hydrogen) atoms. The molecule has 4 nitrogen and oxygen atoms in total. The summed E-state index contributed by atoms with van der Waals surface area (Å²) in [5, 5.41) is 3.56. The van der Waals surface area contributed by atoms with Crippen molar-refractivity contribution >= 4 is 27.4 Å². The molecule has 144 valence electrons. The van der Waals surface area contributed by atoms with E-state index in [1.165, 1.54) is 16.2 Å². The standard InChI is InChI=1S/C26H22N4/c1-18-13-20-9-5-6-10-21(20)17-29(18)25-14-23(27-3)15-26(19(25)2)30-24-12-8-7-11-22(24)16-28(30)4/h5-17H,1-2,4H3/q+2. The second-order valence-corrected chi connectivity index (χ2v) is 7.71. The zero-order valence-electron chi connectivity index (χ0n) is 17.3. The fourth-order valence-corrected chi connectivity index (χ4v) is 4.28. The van der Waals surface area contributed by atoms with E-state index >= 15 is 0 Å². The summed E-state index contributed by atoms with van der Waals surface area (Å²) in [5.74, 6) is 0. The average molecular weight is 390 g/mol. The molecule has 0 saturated heterocycles. The van der Waals surface area contributed by atoms with Crippen molar-refractivity contribution < 1.29 is 9.25 Å². The lowest BCUT2D eigenvalue weighted by molar-refractivity contribution is -0.741. The van der Waals surface area contributed by atoms with Crippen molar-refractivity contribution in [2.45, 2.75) is 13.8 Å². The lowest BCUT2D eigenvalue weighted by Gasteiger charge is -2.11. The topological polar surface area (TPSA) is 17.0 Å². The molecular weight excluding hydrogens is 368 g/mol. The summed E-state index contributed by atoms with van der Waals surface area (Å²) in [7, 11) is 2.04. The summed E-state index contributed by atoms with van der Waals surface area (Å²) < 4.78 is 6.46. The van der Waals surface area contributed by atoms with E-state index in [1.54, 1.807) is 0 Å². The first-order valence-electron chi connectivity index (χ1n) is 9.97. The van der Waals surface area contributed by atoms with Gasteiger partial charge in [0.15, 0.2) is 24.6 Å². The van der Waals surface area contributed by atoms with Crippen molar-refractivity contribution in [2.75, 3.05) is 0 Å². The largest absolute Gasteiger partial charge is 0.238 e. The third kappa shape index (κ3) is 2.75. The molecule has 0 amide bonds. The molecule has 0 aliphatic heterocycles. The summed E-state index contributed by atoms with van der Waals surface area (Å²) in [4.78, 5) is 3.78. The Kier molecular flexibility index (Phi) is 4.11. The number of hydrogen-bond donors (Lipinski definition) is 0. The van der Waals surface area contributed by atoms with E-state index in [0.29, 0.717) is 5.69 Å². The minimum atomic E-state index is 0.628. The van der Waals surface area contributed by atoms with Gasteiger partial charge in [-0.15, -0.1) is 9.36 Å². The Morgan fingerprint density at radius 1 is 0.833 bits per heavy atom. The van der Waals surface area contributed by atoms with Crippen LogP contribution in [0.3, 0.4) is 0 Å². The highest BCUT2D eigenvalue weighted by Crippen LogP contribution is 2.28. The molecule has 0 aliphatic rings. The van der Waals surface area contributed by atoms with Crippen LogP contribution in [0, 0.1) is 20.4 Å². The van der Waals surface area contributed by atoms with E-state index in [0.717, 1.165) is 28.1 Å². The number of hydrogen-bond acceptors (Lipinski definition) is 0. The average Bonchev–Trinajstić information content (AvgIpc) is 3.09. The first-order valence-corrected chi connectivity index (χ1v) is 9.97. The van der Waals surface area contributed by atoms with Crippen molar-refractivity contribution in [2.24, 2.45) is 7.05 Å². The number of pyridine rings is 1. The SMILES string of the molecule is [C-]#[N+]c1cc(-n2c3ccccc3c[n+]2C)c(C)c(-[n+]2cc3ccccc3cc2C)c1. The number of nitrogens with zero attached hydrogens (tertiary/aromatic N) is 4. The quantitative estimate of drug-likeness (QED) is 0.296. The highest BCUT2D eigenvalue weighted by molar-refractivity contribution is 5.81. The van der Waals surface area contributed by atoms with Gasteiger partial charge in [0.25, 0.3) is 0 Å². The van der Waals surface area contributed by atoms with Crippen LogP contribution in [-0.4, -0.2) is 4.68 Å². The molecule has 0 N–H and O–H groups in total. The zero-order chi connectivity index (χ0) is 20.8. The van der Waals surface area contributed by atoms with Gasteiger partial charge in [0.2, 0.25) is 11.9 Å². The van der Waals surface area contributed by atoms with Crippen LogP contribution in [0.25, 0.3) is 37.9 Å². The Balaban J connectivity index is 1.83. The minimum Gasteiger partial charge on any atom is -0.238 e.